The van der Waals surface area contributed by atoms with Crippen molar-refractivity contribution < 1.29 is 9.21 Å². The summed E-state index contributed by atoms with van der Waals surface area (Å²) in [6, 6.07) is 5.86. The minimum Gasteiger partial charge on any atom is -0.440 e. The molecule has 3 heterocycles. The van der Waals surface area contributed by atoms with E-state index in [9.17, 15) is 4.79 Å². The molecule has 3 atom stereocenters. The van der Waals surface area contributed by atoms with Crippen LogP contribution in [-0.2, 0) is 0 Å². The SMILES string of the molecule is O=C(N[C@@H]1C[C@H]2CCN(C2)C1)c1ccc2nc(C3CC3)oc2c1. The molecule has 23 heavy (non-hydrogen) atoms. The third kappa shape index (κ3) is 2.53. The second-order valence-corrected chi connectivity index (χ2v) is 7.33. The van der Waals surface area contributed by atoms with Gasteiger partial charge >= 0.3 is 0 Å². The van der Waals surface area contributed by atoms with Gasteiger partial charge in [-0.25, -0.2) is 4.98 Å². The van der Waals surface area contributed by atoms with Crippen LogP contribution in [0, 0.1) is 5.92 Å². The van der Waals surface area contributed by atoms with Gasteiger partial charge in [-0.15, -0.1) is 0 Å². The number of aromatic nitrogens is 1. The maximum atomic E-state index is 12.6. The fourth-order valence-electron chi connectivity index (χ4n) is 4.02. The molecule has 2 aromatic rings. The lowest BCUT2D eigenvalue weighted by molar-refractivity contribution is 0.0909. The molecule has 3 fully saturated rings. The highest BCUT2D eigenvalue weighted by Gasteiger charge is 2.33. The summed E-state index contributed by atoms with van der Waals surface area (Å²) in [5.74, 6) is 2.08. The Labute approximate surface area is 135 Å². The first-order valence-electron chi connectivity index (χ1n) is 8.68. The van der Waals surface area contributed by atoms with Gasteiger partial charge in [-0.1, -0.05) is 0 Å². The first-order valence-corrected chi connectivity index (χ1v) is 8.68. The maximum Gasteiger partial charge on any atom is 0.251 e. The Bertz CT molecular complexity index is 753. The molecule has 1 aromatic carbocycles. The van der Waals surface area contributed by atoms with Crippen LogP contribution < -0.4 is 5.32 Å². The summed E-state index contributed by atoms with van der Waals surface area (Å²) in [7, 11) is 0. The Balaban J connectivity index is 1.33. The number of nitrogens with zero attached hydrogens (tertiary/aromatic N) is 2. The van der Waals surface area contributed by atoms with Crippen molar-refractivity contribution in [2.45, 2.75) is 37.6 Å². The van der Waals surface area contributed by atoms with E-state index in [4.69, 9.17) is 4.42 Å². The van der Waals surface area contributed by atoms with E-state index >= 15 is 0 Å². The topological polar surface area (TPSA) is 58.4 Å². The van der Waals surface area contributed by atoms with Crippen LogP contribution in [0.4, 0.5) is 0 Å². The lowest BCUT2D eigenvalue weighted by atomic mass is 9.96. The van der Waals surface area contributed by atoms with Crippen molar-refractivity contribution in [3.05, 3.63) is 29.7 Å². The van der Waals surface area contributed by atoms with Gasteiger partial charge in [-0.05, 0) is 56.3 Å². The highest BCUT2D eigenvalue weighted by Crippen LogP contribution is 2.40. The van der Waals surface area contributed by atoms with E-state index in [0.717, 1.165) is 35.9 Å². The van der Waals surface area contributed by atoms with Crippen LogP contribution in [0.3, 0.4) is 0 Å². The quantitative estimate of drug-likeness (QED) is 0.946. The van der Waals surface area contributed by atoms with E-state index in [1.165, 1.54) is 32.4 Å². The lowest BCUT2D eigenvalue weighted by Crippen LogP contribution is -2.47. The molecule has 1 unspecified atom stereocenters. The minimum atomic E-state index is 0.00349. The van der Waals surface area contributed by atoms with E-state index in [0.29, 0.717) is 11.5 Å². The van der Waals surface area contributed by atoms with Crippen molar-refractivity contribution in [3.8, 4) is 0 Å². The number of hydrogen-bond acceptors (Lipinski definition) is 4. The third-order valence-corrected chi connectivity index (χ3v) is 5.40. The van der Waals surface area contributed by atoms with Gasteiger partial charge in [0, 0.05) is 30.6 Å². The Morgan fingerprint density at radius 1 is 1.26 bits per heavy atom. The van der Waals surface area contributed by atoms with Crippen LogP contribution in [0.15, 0.2) is 22.6 Å². The number of rotatable bonds is 3. The van der Waals surface area contributed by atoms with Crippen molar-refractivity contribution in [1.82, 2.24) is 15.2 Å². The largest absolute Gasteiger partial charge is 0.440 e. The highest BCUT2D eigenvalue weighted by atomic mass is 16.3. The molecule has 1 N–H and O–H groups in total. The third-order valence-electron chi connectivity index (χ3n) is 5.40. The average Bonchev–Trinajstić information content (AvgIpc) is 3.23. The Morgan fingerprint density at radius 3 is 3.00 bits per heavy atom. The normalized spacial score (nSPS) is 29.8. The van der Waals surface area contributed by atoms with Gasteiger partial charge in [0.2, 0.25) is 0 Å². The van der Waals surface area contributed by atoms with Gasteiger partial charge in [-0.2, -0.15) is 0 Å². The van der Waals surface area contributed by atoms with Gasteiger partial charge < -0.3 is 14.6 Å². The second kappa shape index (κ2) is 5.06. The summed E-state index contributed by atoms with van der Waals surface area (Å²) in [6.07, 6.45) is 4.72. The second-order valence-electron chi connectivity index (χ2n) is 7.33. The molecule has 2 aliphatic heterocycles. The Kier molecular flexibility index (Phi) is 2.98. The average molecular weight is 311 g/mol. The van der Waals surface area contributed by atoms with Gasteiger partial charge in [0.15, 0.2) is 11.5 Å². The monoisotopic (exact) mass is 311 g/mol. The first-order chi connectivity index (χ1) is 11.2. The van der Waals surface area contributed by atoms with E-state index in [1.807, 2.05) is 18.2 Å². The minimum absolute atomic E-state index is 0.00349. The van der Waals surface area contributed by atoms with Gasteiger partial charge in [-0.3, -0.25) is 4.79 Å². The zero-order valence-electron chi connectivity index (χ0n) is 13.1. The standard InChI is InChI=1S/C18H21N3O2/c22-17(19-14-7-11-5-6-21(9-11)10-14)13-3-4-15-16(8-13)23-18(20-15)12-1-2-12/h3-4,8,11-12,14H,1-2,5-7,9-10H2,(H,19,22)/t11-,14-/m1/s1. The number of carbonyl (C=O) groups excluding carboxylic acids is 1. The molecule has 5 rings (SSSR count). The summed E-state index contributed by atoms with van der Waals surface area (Å²) in [5.41, 5.74) is 2.25. The molecule has 5 heteroatoms. The van der Waals surface area contributed by atoms with Crippen LogP contribution in [-0.4, -0.2) is 41.5 Å². The molecule has 0 spiro atoms. The lowest BCUT2D eigenvalue weighted by Gasteiger charge is -2.30. The molecular weight excluding hydrogens is 290 g/mol. The molecule has 1 saturated carbocycles. The summed E-state index contributed by atoms with van der Waals surface area (Å²) in [6.45, 7) is 3.38. The number of fused-ring (bicyclic) bond motifs is 3. The molecule has 3 aliphatic rings. The molecule has 1 aliphatic carbocycles. The van der Waals surface area contributed by atoms with Crippen molar-refractivity contribution in [2.24, 2.45) is 5.92 Å². The fourth-order valence-corrected chi connectivity index (χ4v) is 4.02. The molecule has 5 nitrogen and oxygen atoms in total. The van der Waals surface area contributed by atoms with E-state index in [2.05, 4.69) is 15.2 Å². The molecule has 120 valence electrons. The van der Waals surface area contributed by atoms with Crippen molar-refractivity contribution in [3.63, 3.8) is 0 Å². The molecule has 1 amide bonds. The van der Waals surface area contributed by atoms with Crippen LogP contribution in [0.2, 0.25) is 0 Å². The predicted molar refractivity (Wildman–Crippen MR) is 86.4 cm³/mol. The maximum absolute atomic E-state index is 12.6. The van der Waals surface area contributed by atoms with Gasteiger partial charge in [0.1, 0.15) is 5.52 Å². The highest BCUT2D eigenvalue weighted by molar-refractivity contribution is 5.97. The summed E-state index contributed by atoms with van der Waals surface area (Å²) >= 11 is 0. The smallest absolute Gasteiger partial charge is 0.251 e. The summed E-state index contributed by atoms with van der Waals surface area (Å²) in [5, 5.41) is 3.20. The van der Waals surface area contributed by atoms with Crippen LogP contribution >= 0.6 is 0 Å². The molecule has 0 radical (unpaired) electrons. The van der Waals surface area contributed by atoms with Crippen LogP contribution in [0.5, 0.6) is 0 Å². The van der Waals surface area contributed by atoms with Crippen molar-refractivity contribution in [2.75, 3.05) is 19.6 Å². The van der Waals surface area contributed by atoms with Crippen LogP contribution in [0.25, 0.3) is 11.1 Å². The molecule has 2 bridgehead atoms. The number of piperidine rings is 1. The number of carbonyl (C=O) groups is 1. The molecular formula is C18H21N3O2. The number of oxazole rings is 1. The number of nitrogens with one attached hydrogen (secondary N) is 1. The zero-order chi connectivity index (χ0) is 15.4. The first kappa shape index (κ1) is 13.5. The van der Waals surface area contributed by atoms with E-state index in [-0.39, 0.29) is 11.9 Å². The van der Waals surface area contributed by atoms with Crippen LogP contribution in [0.1, 0.15) is 47.8 Å². The van der Waals surface area contributed by atoms with Crippen molar-refractivity contribution >= 4 is 17.0 Å². The number of hydrogen-bond donors (Lipinski definition) is 1. The number of benzene rings is 1. The summed E-state index contributed by atoms with van der Waals surface area (Å²) < 4.78 is 5.82. The van der Waals surface area contributed by atoms with Crippen molar-refractivity contribution in [1.29, 1.82) is 0 Å². The molecule has 1 aromatic heterocycles. The molecule has 2 saturated heterocycles. The van der Waals surface area contributed by atoms with E-state index in [1.54, 1.807) is 0 Å². The summed E-state index contributed by atoms with van der Waals surface area (Å²) in [4.78, 5) is 19.5. The van der Waals surface area contributed by atoms with Gasteiger partial charge in [0.05, 0.1) is 0 Å². The van der Waals surface area contributed by atoms with E-state index < -0.39 is 0 Å². The number of amides is 1. The Morgan fingerprint density at radius 2 is 2.17 bits per heavy atom. The predicted octanol–water partition coefficient (Wildman–Crippen LogP) is 2.53. The fraction of sp³-hybridized carbons (Fsp3) is 0.556. The zero-order valence-corrected chi connectivity index (χ0v) is 13.1. The Hall–Kier alpha value is -1.88. The van der Waals surface area contributed by atoms with Gasteiger partial charge in [0.25, 0.3) is 5.91 Å².